The molecule has 0 aliphatic carbocycles. The van der Waals surface area contributed by atoms with Gasteiger partial charge in [0.05, 0.1) is 5.56 Å². The number of nitrogens with zero attached hydrogens (tertiary/aromatic N) is 1. The normalized spacial score (nSPS) is 11.7. The molecule has 0 radical (unpaired) electrons. The monoisotopic (exact) mass is 276 g/mol. The number of benzene rings is 1. The zero-order valence-electron chi connectivity index (χ0n) is 11.1. The Morgan fingerprint density at radius 3 is 2.53 bits per heavy atom. The second-order valence-corrected chi connectivity index (χ2v) is 4.32. The predicted octanol–water partition coefficient (Wildman–Crippen LogP) is 2.64. The van der Waals surface area contributed by atoms with Crippen LogP contribution >= 0.6 is 0 Å². The summed E-state index contributed by atoms with van der Waals surface area (Å²) in [5.41, 5.74) is 5.39. The number of hydrogen-bond acceptors (Lipinski definition) is 3. The van der Waals surface area contributed by atoms with E-state index < -0.39 is 11.7 Å². The highest BCUT2D eigenvalue weighted by Crippen LogP contribution is 2.36. The first-order valence-corrected chi connectivity index (χ1v) is 6.00. The average Bonchev–Trinajstić information content (AvgIpc) is 2.37. The number of rotatable bonds is 6. The molecule has 108 valence electrons. The van der Waals surface area contributed by atoms with Crippen molar-refractivity contribution in [3.05, 3.63) is 29.3 Å². The Morgan fingerprint density at radius 1 is 1.32 bits per heavy atom. The minimum absolute atomic E-state index is 0.0940. The lowest BCUT2D eigenvalue weighted by atomic mass is 10.1. The molecule has 6 heteroatoms. The van der Waals surface area contributed by atoms with Gasteiger partial charge in [-0.15, -0.1) is 0 Å². The molecule has 19 heavy (non-hydrogen) atoms. The van der Waals surface area contributed by atoms with Gasteiger partial charge < -0.3 is 15.4 Å². The highest BCUT2D eigenvalue weighted by atomic mass is 19.4. The fraction of sp³-hybridized carbons (Fsp3) is 0.538. The summed E-state index contributed by atoms with van der Waals surface area (Å²) >= 11 is 0. The van der Waals surface area contributed by atoms with Gasteiger partial charge in [0.15, 0.2) is 0 Å². The molecule has 0 amide bonds. The van der Waals surface area contributed by atoms with E-state index in [-0.39, 0.29) is 12.2 Å². The Labute approximate surface area is 111 Å². The van der Waals surface area contributed by atoms with Crippen molar-refractivity contribution in [3.63, 3.8) is 0 Å². The van der Waals surface area contributed by atoms with E-state index in [1.54, 1.807) is 25.1 Å². The van der Waals surface area contributed by atoms with Crippen LogP contribution in [0.2, 0.25) is 0 Å². The number of ether oxygens (including phenoxy) is 1. The molecular weight excluding hydrogens is 257 g/mol. The molecule has 0 bridgehead atoms. The van der Waals surface area contributed by atoms with Crippen molar-refractivity contribution in [2.75, 3.05) is 32.2 Å². The summed E-state index contributed by atoms with van der Waals surface area (Å²) in [7, 11) is 3.21. The van der Waals surface area contributed by atoms with Gasteiger partial charge in [0, 0.05) is 39.5 Å². The molecule has 0 fully saturated rings. The topological polar surface area (TPSA) is 38.5 Å². The van der Waals surface area contributed by atoms with Crippen molar-refractivity contribution in [1.29, 1.82) is 0 Å². The van der Waals surface area contributed by atoms with Crippen LogP contribution in [0, 0.1) is 0 Å². The number of methoxy groups -OCH3 is 1. The third kappa shape index (κ3) is 4.40. The van der Waals surface area contributed by atoms with Gasteiger partial charge in [0.1, 0.15) is 0 Å². The lowest BCUT2D eigenvalue weighted by Crippen LogP contribution is -2.23. The van der Waals surface area contributed by atoms with Crippen LogP contribution in [0.1, 0.15) is 17.5 Å². The molecule has 0 spiro atoms. The molecule has 0 aliphatic rings. The molecule has 1 aromatic rings. The van der Waals surface area contributed by atoms with Gasteiger partial charge in [-0.3, -0.25) is 0 Å². The first kappa shape index (κ1) is 15.8. The number of hydrogen-bond donors (Lipinski definition) is 1. The molecule has 1 aromatic carbocycles. The Morgan fingerprint density at radius 2 is 2.00 bits per heavy atom. The van der Waals surface area contributed by atoms with Gasteiger partial charge in [-0.1, -0.05) is 6.07 Å². The molecule has 0 heterocycles. The third-order valence-electron chi connectivity index (χ3n) is 2.86. The maximum Gasteiger partial charge on any atom is 0.418 e. The Bertz CT molecular complexity index is 407. The van der Waals surface area contributed by atoms with Gasteiger partial charge >= 0.3 is 6.18 Å². The molecule has 0 atom stereocenters. The van der Waals surface area contributed by atoms with E-state index in [2.05, 4.69) is 0 Å². The summed E-state index contributed by atoms with van der Waals surface area (Å²) in [5.74, 6) is 0. The summed E-state index contributed by atoms with van der Waals surface area (Å²) in [5, 5.41) is 0. The van der Waals surface area contributed by atoms with E-state index in [4.69, 9.17) is 10.5 Å². The smallest absolute Gasteiger partial charge is 0.385 e. The van der Waals surface area contributed by atoms with Gasteiger partial charge in [-0.05, 0) is 24.1 Å². The molecular formula is C13H19F3N2O. The quantitative estimate of drug-likeness (QED) is 0.812. The highest BCUT2D eigenvalue weighted by molar-refractivity contribution is 5.56. The Hall–Kier alpha value is -1.27. The van der Waals surface area contributed by atoms with Crippen molar-refractivity contribution >= 4 is 5.69 Å². The van der Waals surface area contributed by atoms with Crippen LogP contribution in [0.5, 0.6) is 0 Å². The van der Waals surface area contributed by atoms with Crippen LogP contribution in [0.15, 0.2) is 18.2 Å². The van der Waals surface area contributed by atoms with Crippen LogP contribution in [0.3, 0.4) is 0 Å². The molecule has 0 aromatic heterocycles. The van der Waals surface area contributed by atoms with E-state index in [1.807, 2.05) is 0 Å². The summed E-state index contributed by atoms with van der Waals surface area (Å²) < 4.78 is 44.0. The van der Waals surface area contributed by atoms with Gasteiger partial charge in [-0.25, -0.2) is 0 Å². The van der Waals surface area contributed by atoms with Crippen LogP contribution in [-0.2, 0) is 17.5 Å². The van der Waals surface area contributed by atoms with Gasteiger partial charge in [-0.2, -0.15) is 13.2 Å². The highest BCUT2D eigenvalue weighted by Gasteiger charge is 2.34. The standard InChI is InChI=1S/C13H19F3N2O/c1-18(6-3-7-19-2)12-5-4-10(9-17)8-11(12)13(14,15)16/h4-5,8H,3,6-7,9,17H2,1-2H3. The van der Waals surface area contributed by atoms with Crippen molar-refractivity contribution in [1.82, 2.24) is 0 Å². The molecule has 1 rings (SSSR count). The van der Waals surface area contributed by atoms with Crippen LogP contribution < -0.4 is 10.6 Å². The van der Waals surface area contributed by atoms with E-state index in [1.165, 1.54) is 6.07 Å². The van der Waals surface area contributed by atoms with Gasteiger partial charge in [0.2, 0.25) is 0 Å². The number of halogens is 3. The van der Waals surface area contributed by atoms with Crippen LogP contribution in [0.4, 0.5) is 18.9 Å². The summed E-state index contributed by atoms with van der Waals surface area (Å²) in [6.45, 7) is 1.11. The minimum Gasteiger partial charge on any atom is -0.385 e. The maximum atomic E-state index is 13.0. The van der Waals surface area contributed by atoms with E-state index >= 15 is 0 Å². The third-order valence-corrected chi connectivity index (χ3v) is 2.86. The fourth-order valence-electron chi connectivity index (χ4n) is 1.84. The lowest BCUT2D eigenvalue weighted by Gasteiger charge is -2.24. The van der Waals surface area contributed by atoms with Crippen LogP contribution in [-0.4, -0.2) is 27.3 Å². The molecule has 0 saturated heterocycles. The van der Waals surface area contributed by atoms with Crippen molar-refractivity contribution < 1.29 is 17.9 Å². The first-order chi connectivity index (χ1) is 8.90. The summed E-state index contributed by atoms with van der Waals surface area (Å²) in [6, 6.07) is 4.21. The zero-order valence-corrected chi connectivity index (χ0v) is 11.1. The zero-order chi connectivity index (χ0) is 14.5. The fourth-order valence-corrected chi connectivity index (χ4v) is 1.84. The number of alkyl halides is 3. The van der Waals surface area contributed by atoms with E-state index in [9.17, 15) is 13.2 Å². The predicted molar refractivity (Wildman–Crippen MR) is 69.1 cm³/mol. The van der Waals surface area contributed by atoms with E-state index in [0.717, 1.165) is 6.07 Å². The second kappa shape index (κ2) is 6.77. The molecule has 0 saturated carbocycles. The lowest BCUT2D eigenvalue weighted by molar-refractivity contribution is -0.137. The summed E-state index contributed by atoms with van der Waals surface area (Å²) in [6.07, 6.45) is -3.71. The molecule has 0 unspecified atom stereocenters. The Balaban J connectivity index is 2.98. The molecule has 2 N–H and O–H groups in total. The minimum atomic E-state index is -4.38. The first-order valence-electron chi connectivity index (χ1n) is 6.00. The van der Waals surface area contributed by atoms with E-state index in [0.29, 0.717) is 25.1 Å². The van der Waals surface area contributed by atoms with Crippen molar-refractivity contribution in [2.45, 2.75) is 19.1 Å². The Kier molecular flexibility index (Phi) is 5.62. The largest absolute Gasteiger partial charge is 0.418 e. The number of nitrogens with two attached hydrogens (primary N) is 1. The average molecular weight is 276 g/mol. The summed E-state index contributed by atoms with van der Waals surface area (Å²) in [4.78, 5) is 1.59. The van der Waals surface area contributed by atoms with Crippen LogP contribution in [0.25, 0.3) is 0 Å². The number of anilines is 1. The van der Waals surface area contributed by atoms with Gasteiger partial charge in [0.25, 0.3) is 0 Å². The SMILES string of the molecule is COCCCN(C)c1ccc(CN)cc1C(F)(F)F. The molecule has 0 aliphatic heterocycles. The second-order valence-electron chi connectivity index (χ2n) is 4.32. The van der Waals surface area contributed by atoms with Crippen molar-refractivity contribution in [2.24, 2.45) is 5.73 Å². The maximum absolute atomic E-state index is 13.0. The van der Waals surface area contributed by atoms with Crippen molar-refractivity contribution in [3.8, 4) is 0 Å². The molecule has 3 nitrogen and oxygen atoms in total.